The van der Waals surface area contributed by atoms with Gasteiger partial charge in [0.2, 0.25) is 11.8 Å². The van der Waals surface area contributed by atoms with Crippen LogP contribution in [0.3, 0.4) is 0 Å². The van der Waals surface area contributed by atoms with Gasteiger partial charge in [-0.05, 0) is 37.5 Å². The molecule has 1 aromatic rings. The van der Waals surface area contributed by atoms with Crippen LogP contribution >= 0.6 is 0 Å². The number of anilines is 2. The molecule has 0 radical (unpaired) electrons. The van der Waals surface area contributed by atoms with E-state index in [1.807, 2.05) is 0 Å². The van der Waals surface area contributed by atoms with Gasteiger partial charge in [0.25, 0.3) is 0 Å². The summed E-state index contributed by atoms with van der Waals surface area (Å²) in [5.41, 5.74) is 1.99. The SMILES string of the molecule is Cc1ccc(NC(=O)C2CC2)cc1NCC(=O)NCC(F)(F)F. The van der Waals surface area contributed by atoms with E-state index in [-0.39, 0.29) is 18.4 Å². The number of rotatable bonds is 6. The molecule has 1 saturated carbocycles. The fourth-order valence-corrected chi connectivity index (χ4v) is 1.92. The van der Waals surface area contributed by atoms with E-state index in [9.17, 15) is 22.8 Å². The maximum absolute atomic E-state index is 12.0. The van der Waals surface area contributed by atoms with Gasteiger partial charge in [-0.15, -0.1) is 0 Å². The Balaban J connectivity index is 1.88. The van der Waals surface area contributed by atoms with Crippen LogP contribution in [0.25, 0.3) is 0 Å². The highest BCUT2D eigenvalue weighted by molar-refractivity contribution is 5.94. The molecule has 126 valence electrons. The Morgan fingerprint density at radius 1 is 1.26 bits per heavy atom. The molecule has 8 heteroatoms. The number of aryl methyl sites for hydroxylation is 1. The van der Waals surface area contributed by atoms with Crippen LogP contribution in [0.2, 0.25) is 0 Å². The fraction of sp³-hybridized carbons (Fsp3) is 0.467. The van der Waals surface area contributed by atoms with E-state index in [0.29, 0.717) is 11.4 Å². The first kappa shape index (κ1) is 17.1. The lowest BCUT2D eigenvalue weighted by Crippen LogP contribution is -2.37. The van der Waals surface area contributed by atoms with Gasteiger partial charge in [-0.2, -0.15) is 13.2 Å². The van der Waals surface area contributed by atoms with E-state index in [0.717, 1.165) is 18.4 Å². The third-order valence-corrected chi connectivity index (χ3v) is 3.38. The molecule has 1 aromatic carbocycles. The lowest BCUT2D eigenvalue weighted by Gasteiger charge is -2.13. The van der Waals surface area contributed by atoms with Crippen molar-refractivity contribution in [3.8, 4) is 0 Å². The summed E-state index contributed by atoms with van der Waals surface area (Å²) < 4.78 is 36.0. The van der Waals surface area contributed by atoms with Crippen molar-refractivity contribution in [2.75, 3.05) is 23.7 Å². The van der Waals surface area contributed by atoms with Crippen molar-refractivity contribution in [1.29, 1.82) is 0 Å². The molecule has 1 aliphatic rings. The molecule has 1 aliphatic carbocycles. The molecular formula is C15H18F3N3O2. The molecule has 0 aromatic heterocycles. The summed E-state index contributed by atoms with van der Waals surface area (Å²) >= 11 is 0. The molecule has 2 amide bonds. The first-order valence-corrected chi connectivity index (χ1v) is 7.23. The topological polar surface area (TPSA) is 70.2 Å². The molecule has 23 heavy (non-hydrogen) atoms. The predicted octanol–water partition coefficient (Wildman–Crippen LogP) is 2.43. The number of nitrogens with one attached hydrogen (secondary N) is 3. The van der Waals surface area contributed by atoms with Gasteiger partial charge in [-0.25, -0.2) is 0 Å². The van der Waals surface area contributed by atoms with Crippen LogP contribution in [0.4, 0.5) is 24.5 Å². The van der Waals surface area contributed by atoms with Gasteiger partial charge in [-0.3, -0.25) is 9.59 Å². The molecule has 2 rings (SSSR count). The molecule has 5 nitrogen and oxygen atoms in total. The predicted molar refractivity (Wildman–Crippen MR) is 80.1 cm³/mol. The zero-order valence-corrected chi connectivity index (χ0v) is 12.6. The van der Waals surface area contributed by atoms with E-state index in [4.69, 9.17) is 0 Å². The zero-order valence-electron chi connectivity index (χ0n) is 12.6. The summed E-state index contributed by atoms with van der Waals surface area (Å²) in [6.07, 6.45) is -2.65. The van der Waals surface area contributed by atoms with Gasteiger partial charge >= 0.3 is 6.18 Å². The normalized spacial score (nSPS) is 14.3. The van der Waals surface area contributed by atoms with Crippen molar-refractivity contribution >= 4 is 23.2 Å². The maximum atomic E-state index is 12.0. The number of carbonyl (C=O) groups is 2. The number of halogens is 3. The van der Waals surface area contributed by atoms with E-state index >= 15 is 0 Å². The van der Waals surface area contributed by atoms with Crippen LogP contribution in [-0.4, -0.2) is 31.1 Å². The largest absolute Gasteiger partial charge is 0.405 e. The first-order chi connectivity index (χ1) is 10.7. The Kier molecular flexibility index (Phi) is 5.12. The molecule has 0 heterocycles. The molecule has 3 N–H and O–H groups in total. The van der Waals surface area contributed by atoms with Crippen LogP contribution in [0, 0.1) is 12.8 Å². The number of alkyl halides is 3. The van der Waals surface area contributed by atoms with Crippen molar-refractivity contribution in [1.82, 2.24) is 5.32 Å². The van der Waals surface area contributed by atoms with Crippen LogP contribution in [0.15, 0.2) is 18.2 Å². The van der Waals surface area contributed by atoms with Gasteiger partial charge in [0.15, 0.2) is 0 Å². The maximum Gasteiger partial charge on any atom is 0.405 e. The second-order valence-corrected chi connectivity index (χ2v) is 5.54. The minimum atomic E-state index is -4.43. The minimum Gasteiger partial charge on any atom is -0.376 e. The molecule has 0 aliphatic heterocycles. The van der Waals surface area contributed by atoms with E-state index < -0.39 is 18.6 Å². The second kappa shape index (κ2) is 6.89. The molecular weight excluding hydrogens is 311 g/mol. The highest BCUT2D eigenvalue weighted by Crippen LogP contribution is 2.30. The molecule has 0 atom stereocenters. The van der Waals surface area contributed by atoms with Crippen LogP contribution in [0.5, 0.6) is 0 Å². The summed E-state index contributed by atoms with van der Waals surface area (Å²) in [6.45, 7) is 0.156. The molecule has 0 spiro atoms. The van der Waals surface area contributed by atoms with Gasteiger partial charge in [0, 0.05) is 17.3 Å². The summed E-state index contributed by atoms with van der Waals surface area (Å²) in [5.74, 6) is -0.724. The number of hydrogen-bond donors (Lipinski definition) is 3. The Hall–Kier alpha value is -2.25. The molecule has 0 bridgehead atoms. The van der Waals surface area contributed by atoms with Crippen molar-refractivity contribution < 1.29 is 22.8 Å². The second-order valence-electron chi connectivity index (χ2n) is 5.54. The quantitative estimate of drug-likeness (QED) is 0.751. The van der Waals surface area contributed by atoms with E-state index in [1.54, 1.807) is 30.4 Å². The van der Waals surface area contributed by atoms with Crippen molar-refractivity contribution in [2.24, 2.45) is 5.92 Å². The minimum absolute atomic E-state index is 0.0391. The lowest BCUT2D eigenvalue weighted by atomic mass is 10.1. The van der Waals surface area contributed by atoms with Crippen LogP contribution in [-0.2, 0) is 9.59 Å². The lowest BCUT2D eigenvalue weighted by molar-refractivity contribution is -0.137. The van der Waals surface area contributed by atoms with Crippen LogP contribution in [0.1, 0.15) is 18.4 Å². The number of carbonyl (C=O) groups excluding carboxylic acids is 2. The molecule has 0 unspecified atom stereocenters. The highest BCUT2D eigenvalue weighted by atomic mass is 19.4. The van der Waals surface area contributed by atoms with Gasteiger partial charge in [0.1, 0.15) is 6.54 Å². The van der Waals surface area contributed by atoms with Gasteiger partial charge in [-0.1, -0.05) is 6.07 Å². The van der Waals surface area contributed by atoms with Crippen molar-refractivity contribution in [3.63, 3.8) is 0 Å². The smallest absolute Gasteiger partial charge is 0.376 e. The Bertz CT molecular complexity index is 598. The summed E-state index contributed by atoms with van der Waals surface area (Å²) in [6, 6.07) is 5.16. The Morgan fingerprint density at radius 2 is 1.96 bits per heavy atom. The van der Waals surface area contributed by atoms with Gasteiger partial charge in [0.05, 0.1) is 6.54 Å². The average molecular weight is 329 g/mol. The Morgan fingerprint density at radius 3 is 2.57 bits per heavy atom. The Labute approximate surface area is 131 Å². The molecule has 1 fully saturated rings. The summed E-state index contributed by atoms with van der Waals surface area (Å²) in [7, 11) is 0. The van der Waals surface area contributed by atoms with E-state index in [2.05, 4.69) is 10.6 Å². The third-order valence-electron chi connectivity index (χ3n) is 3.38. The number of amides is 2. The molecule has 0 saturated heterocycles. The summed E-state index contributed by atoms with van der Waals surface area (Å²) in [5, 5.41) is 7.34. The standard InChI is InChI=1S/C15H18F3N3O2/c1-9-2-5-11(21-14(23)10-3-4-10)6-12(9)19-7-13(22)20-8-15(16,17)18/h2,5-6,10,19H,3-4,7-8H2,1H3,(H,20,22)(H,21,23). The fourth-order valence-electron chi connectivity index (χ4n) is 1.92. The zero-order chi connectivity index (χ0) is 17.0. The third kappa shape index (κ3) is 5.80. The monoisotopic (exact) mass is 329 g/mol. The van der Waals surface area contributed by atoms with E-state index in [1.165, 1.54) is 0 Å². The van der Waals surface area contributed by atoms with Crippen molar-refractivity contribution in [3.05, 3.63) is 23.8 Å². The van der Waals surface area contributed by atoms with Gasteiger partial charge < -0.3 is 16.0 Å². The summed E-state index contributed by atoms with van der Waals surface area (Å²) in [4.78, 5) is 23.1. The van der Waals surface area contributed by atoms with Crippen LogP contribution < -0.4 is 16.0 Å². The number of benzene rings is 1. The highest BCUT2D eigenvalue weighted by Gasteiger charge is 2.29. The average Bonchev–Trinajstić information content (AvgIpc) is 3.29. The first-order valence-electron chi connectivity index (χ1n) is 7.23. The number of hydrogen-bond acceptors (Lipinski definition) is 3. The van der Waals surface area contributed by atoms with Crippen molar-refractivity contribution in [2.45, 2.75) is 25.9 Å².